The first-order valence-corrected chi connectivity index (χ1v) is 10.2. The highest BCUT2D eigenvalue weighted by molar-refractivity contribution is 9.12. The highest BCUT2D eigenvalue weighted by atomic mass is 79.9. The molecular formula is C9H11Br2NO4S3. The van der Waals surface area contributed by atoms with Gasteiger partial charge < -0.3 is 5.11 Å². The third-order valence-corrected chi connectivity index (χ3v) is 6.99. The lowest BCUT2D eigenvalue weighted by Crippen LogP contribution is -2.41. The van der Waals surface area contributed by atoms with Crippen molar-refractivity contribution in [1.82, 2.24) is 4.72 Å². The summed E-state index contributed by atoms with van der Waals surface area (Å²) in [5, 5.41) is 9.03. The second-order valence-corrected chi connectivity index (χ2v) is 9.90. The molecular weight excluding hydrogens is 442 g/mol. The summed E-state index contributed by atoms with van der Waals surface area (Å²) in [7, 11) is -3.85. The van der Waals surface area contributed by atoms with Crippen LogP contribution in [0.4, 0.5) is 0 Å². The molecule has 1 heterocycles. The molecule has 0 bridgehead atoms. The van der Waals surface area contributed by atoms with Gasteiger partial charge in [-0.05, 0) is 56.4 Å². The molecule has 108 valence electrons. The van der Waals surface area contributed by atoms with Gasteiger partial charge in [0.1, 0.15) is 10.9 Å². The second-order valence-electron chi connectivity index (χ2n) is 3.48. The molecule has 0 amide bonds. The van der Waals surface area contributed by atoms with Gasteiger partial charge in [0.25, 0.3) is 0 Å². The van der Waals surface area contributed by atoms with Gasteiger partial charge >= 0.3 is 5.97 Å². The van der Waals surface area contributed by atoms with Crippen molar-refractivity contribution in [2.75, 3.05) is 12.0 Å². The van der Waals surface area contributed by atoms with Crippen molar-refractivity contribution in [1.29, 1.82) is 0 Å². The monoisotopic (exact) mass is 451 g/mol. The van der Waals surface area contributed by atoms with Crippen LogP contribution in [0.3, 0.4) is 0 Å². The fourth-order valence-corrected chi connectivity index (χ4v) is 6.73. The minimum Gasteiger partial charge on any atom is -0.480 e. The number of carboxylic acid groups (broad SMARTS) is 1. The molecule has 0 aliphatic heterocycles. The third-order valence-electron chi connectivity index (χ3n) is 2.12. The summed E-state index contributed by atoms with van der Waals surface area (Å²) >= 11 is 9.02. The molecule has 0 radical (unpaired) electrons. The van der Waals surface area contributed by atoms with Crippen molar-refractivity contribution in [3.05, 3.63) is 13.6 Å². The lowest BCUT2D eigenvalue weighted by molar-refractivity contribution is -0.139. The fourth-order valence-electron chi connectivity index (χ4n) is 1.23. The fraction of sp³-hybridized carbons (Fsp3) is 0.444. The standard InChI is InChI=1S/C9H11Br2NO4S3/c1-17-3-2-5(9(13)14)12-19(15,16)6-4-7(10)18-8(6)11/h4-5,12H,2-3H2,1H3,(H,13,14)/t5-/m1/s1. The topological polar surface area (TPSA) is 83.5 Å². The van der Waals surface area contributed by atoms with Crippen LogP contribution in [0.15, 0.2) is 18.5 Å². The molecule has 5 nitrogen and oxygen atoms in total. The zero-order valence-electron chi connectivity index (χ0n) is 9.72. The predicted octanol–water partition coefficient (Wildman–Crippen LogP) is 2.76. The summed E-state index contributed by atoms with van der Waals surface area (Å²) in [6, 6.07) is 0.313. The van der Waals surface area contributed by atoms with E-state index in [1.165, 1.54) is 29.2 Å². The molecule has 0 aliphatic rings. The molecule has 0 saturated heterocycles. The van der Waals surface area contributed by atoms with Gasteiger partial charge in [-0.2, -0.15) is 16.5 Å². The van der Waals surface area contributed by atoms with Gasteiger partial charge in [0, 0.05) is 0 Å². The van der Waals surface area contributed by atoms with Gasteiger partial charge in [-0.15, -0.1) is 11.3 Å². The van der Waals surface area contributed by atoms with E-state index in [2.05, 4.69) is 36.6 Å². The van der Waals surface area contributed by atoms with E-state index in [-0.39, 0.29) is 11.3 Å². The maximum Gasteiger partial charge on any atom is 0.321 e. The van der Waals surface area contributed by atoms with Crippen molar-refractivity contribution in [3.8, 4) is 0 Å². The van der Waals surface area contributed by atoms with Crippen LogP contribution in [0.5, 0.6) is 0 Å². The number of aliphatic carboxylic acids is 1. The predicted molar refractivity (Wildman–Crippen MR) is 84.5 cm³/mol. The number of thiophene rings is 1. The summed E-state index contributed by atoms with van der Waals surface area (Å²) in [6.07, 6.45) is 2.07. The summed E-state index contributed by atoms with van der Waals surface area (Å²) in [5.41, 5.74) is 0. The highest BCUT2D eigenvalue weighted by Crippen LogP contribution is 2.34. The quantitative estimate of drug-likeness (QED) is 0.664. The molecule has 0 saturated carbocycles. The van der Waals surface area contributed by atoms with Gasteiger partial charge in [0.05, 0.1) is 7.57 Å². The van der Waals surface area contributed by atoms with Gasteiger partial charge in [-0.25, -0.2) is 8.42 Å². The zero-order chi connectivity index (χ0) is 14.6. The van der Waals surface area contributed by atoms with Crippen molar-refractivity contribution < 1.29 is 18.3 Å². The number of carboxylic acids is 1. The Morgan fingerprint density at radius 1 is 1.58 bits per heavy atom. The van der Waals surface area contributed by atoms with Gasteiger partial charge in [-0.1, -0.05) is 0 Å². The molecule has 0 unspecified atom stereocenters. The normalized spacial score (nSPS) is 13.4. The van der Waals surface area contributed by atoms with Crippen LogP contribution in [0.1, 0.15) is 6.42 Å². The first kappa shape index (κ1) is 17.4. The zero-order valence-corrected chi connectivity index (χ0v) is 15.3. The minimum absolute atomic E-state index is 0.0415. The largest absolute Gasteiger partial charge is 0.480 e. The van der Waals surface area contributed by atoms with Gasteiger partial charge in [-0.3, -0.25) is 4.79 Å². The summed E-state index contributed by atoms with van der Waals surface area (Å²) in [6.45, 7) is 0. The molecule has 2 N–H and O–H groups in total. The first-order chi connectivity index (χ1) is 8.77. The van der Waals surface area contributed by atoms with E-state index in [0.717, 1.165) is 0 Å². The molecule has 1 aromatic rings. The van der Waals surface area contributed by atoms with E-state index in [9.17, 15) is 13.2 Å². The van der Waals surface area contributed by atoms with Crippen molar-refractivity contribution in [2.24, 2.45) is 0 Å². The minimum atomic E-state index is -3.85. The summed E-state index contributed by atoms with van der Waals surface area (Å²) < 4.78 is 27.5. The summed E-state index contributed by atoms with van der Waals surface area (Å²) in [4.78, 5) is 11.1. The van der Waals surface area contributed by atoms with E-state index in [1.54, 1.807) is 0 Å². The van der Waals surface area contributed by atoms with Gasteiger partial charge in [0.15, 0.2) is 0 Å². The Bertz CT molecular complexity index is 558. The molecule has 0 aromatic carbocycles. The third kappa shape index (κ3) is 5.01. The number of rotatable bonds is 7. The molecule has 0 aliphatic carbocycles. The smallest absolute Gasteiger partial charge is 0.321 e. The number of hydrogen-bond acceptors (Lipinski definition) is 5. The Morgan fingerprint density at radius 2 is 2.21 bits per heavy atom. The number of halogens is 2. The van der Waals surface area contributed by atoms with Crippen molar-refractivity contribution in [2.45, 2.75) is 17.4 Å². The Hall–Kier alpha value is 0.390. The van der Waals surface area contributed by atoms with E-state index < -0.39 is 22.0 Å². The Balaban J connectivity index is 2.94. The first-order valence-electron chi connectivity index (χ1n) is 4.97. The number of thioether (sulfide) groups is 1. The van der Waals surface area contributed by atoms with Crippen LogP contribution >= 0.6 is 55.0 Å². The Kier molecular flexibility index (Phi) is 6.81. The highest BCUT2D eigenvalue weighted by Gasteiger charge is 2.27. The average molecular weight is 453 g/mol. The molecule has 0 spiro atoms. The SMILES string of the molecule is CSCC[C@@H](NS(=O)(=O)c1cc(Br)sc1Br)C(=O)O. The molecule has 19 heavy (non-hydrogen) atoms. The van der Waals surface area contributed by atoms with Crippen LogP contribution in [0, 0.1) is 0 Å². The lowest BCUT2D eigenvalue weighted by atomic mass is 10.2. The average Bonchev–Trinajstić information content (AvgIpc) is 2.64. The molecule has 0 fully saturated rings. The lowest BCUT2D eigenvalue weighted by Gasteiger charge is -2.13. The van der Waals surface area contributed by atoms with E-state index >= 15 is 0 Å². The number of nitrogens with one attached hydrogen (secondary N) is 1. The second kappa shape index (κ2) is 7.41. The van der Waals surface area contributed by atoms with Crippen LogP contribution in [-0.2, 0) is 14.8 Å². The van der Waals surface area contributed by atoms with Crippen LogP contribution in [0.25, 0.3) is 0 Å². The van der Waals surface area contributed by atoms with Crippen molar-refractivity contribution in [3.63, 3.8) is 0 Å². The van der Waals surface area contributed by atoms with Crippen LogP contribution in [-0.4, -0.2) is 37.5 Å². The molecule has 10 heteroatoms. The van der Waals surface area contributed by atoms with E-state index in [0.29, 0.717) is 13.3 Å². The number of sulfonamides is 1. The van der Waals surface area contributed by atoms with Crippen LogP contribution in [0.2, 0.25) is 0 Å². The Labute approximate surface area is 136 Å². The van der Waals surface area contributed by atoms with E-state index in [4.69, 9.17) is 5.11 Å². The molecule has 1 aromatic heterocycles. The summed E-state index contributed by atoms with van der Waals surface area (Å²) in [5.74, 6) is -0.614. The maximum absolute atomic E-state index is 12.1. The number of carbonyl (C=O) groups is 1. The van der Waals surface area contributed by atoms with Gasteiger partial charge in [0.2, 0.25) is 10.0 Å². The van der Waals surface area contributed by atoms with Crippen molar-refractivity contribution >= 4 is 71.0 Å². The van der Waals surface area contributed by atoms with E-state index in [1.807, 2.05) is 6.26 Å². The van der Waals surface area contributed by atoms with Crippen LogP contribution < -0.4 is 4.72 Å². The molecule has 1 atom stereocenters. The number of hydrogen-bond donors (Lipinski definition) is 2. The Morgan fingerprint density at radius 3 is 2.63 bits per heavy atom. The maximum atomic E-state index is 12.1. The molecule has 1 rings (SSSR count).